The second-order valence-electron chi connectivity index (χ2n) is 14.6. The molecule has 1 aromatic carbocycles. The molecular formula is C38H53Cl3N6O7. The van der Waals surface area contributed by atoms with Gasteiger partial charge in [0.15, 0.2) is 0 Å². The number of carbonyl (C=O) groups is 5. The molecule has 4 rings (SSSR count). The summed E-state index contributed by atoms with van der Waals surface area (Å²) < 4.78 is 8.67. The van der Waals surface area contributed by atoms with Gasteiger partial charge in [-0.15, -0.1) is 0 Å². The minimum Gasteiger partial charge on any atom is -0.460 e. The number of pyridine rings is 1. The number of aromatic nitrogens is 1. The fourth-order valence-corrected chi connectivity index (χ4v) is 5.99. The molecule has 0 bridgehead atoms. The summed E-state index contributed by atoms with van der Waals surface area (Å²) in [5.74, 6) is -2.48. The average molecular weight is 812 g/mol. The average Bonchev–Trinajstić information content (AvgIpc) is 3.62. The van der Waals surface area contributed by atoms with Gasteiger partial charge in [0, 0.05) is 24.2 Å². The van der Waals surface area contributed by atoms with Gasteiger partial charge in [-0.3, -0.25) is 34.1 Å². The van der Waals surface area contributed by atoms with Crippen LogP contribution in [0.2, 0.25) is 0 Å². The molecule has 2 fully saturated rings. The summed E-state index contributed by atoms with van der Waals surface area (Å²) in [4.78, 5) is 70.2. The predicted molar refractivity (Wildman–Crippen MR) is 211 cm³/mol. The molecule has 2 saturated heterocycles. The molecule has 4 unspecified atom stereocenters. The molecule has 0 radical (unpaired) electrons. The van der Waals surface area contributed by atoms with Crippen LogP contribution in [0, 0.1) is 5.92 Å². The third-order valence-corrected chi connectivity index (χ3v) is 8.97. The van der Waals surface area contributed by atoms with E-state index in [1.54, 1.807) is 34.6 Å². The molecule has 4 atom stereocenters. The molecule has 2 aliphatic rings. The molecule has 2 aliphatic heterocycles. The van der Waals surface area contributed by atoms with Crippen LogP contribution in [0.1, 0.15) is 85.4 Å². The van der Waals surface area contributed by atoms with E-state index in [-0.39, 0.29) is 5.92 Å². The van der Waals surface area contributed by atoms with Gasteiger partial charge >= 0.3 is 12.1 Å². The first-order valence-electron chi connectivity index (χ1n) is 18.2. The summed E-state index contributed by atoms with van der Waals surface area (Å²) in [6.07, 6.45) is 4.23. The van der Waals surface area contributed by atoms with E-state index in [1.165, 1.54) is 22.2 Å². The second kappa shape index (κ2) is 19.8. The van der Waals surface area contributed by atoms with Crippen molar-refractivity contribution in [1.82, 2.24) is 31.0 Å². The van der Waals surface area contributed by atoms with E-state index >= 15 is 0 Å². The monoisotopic (exact) mass is 810 g/mol. The summed E-state index contributed by atoms with van der Waals surface area (Å²) in [5, 5.41) is 7.83. The van der Waals surface area contributed by atoms with Crippen LogP contribution in [0.4, 0.5) is 4.79 Å². The van der Waals surface area contributed by atoms with Gasteiger partial charge in [-0.2, -0.15) is 0 Å². The van der Waals surface area contributed by atoms with Crippen LogP contribution in [0.25, 0.3) is 17.0 Å². The Morgan fingerprint density at radius 2 is 1.69 bits per heavy atom. The van der Waals surface area contributed by atoms with E-state index in [0.717, 1.165) is 23.2 Å². The van der Waals surface area contributed by atoms with E-state index < -0.39 is 70.0 Å². The highest BCUT2D eigenvalue weighted by atomic mass is 35.6. The SMILES string of the molecule is C=Cc1ccc2ccc(CC)nc2c1.CC(NC(=O)C(NC(=O)C1CCCN1C(=O)OC(C)(C)C)C(C)C)C(=O)N1CCCC(C(=O)OCC(Cl)(Cl)Cl)N1. The molecule has 4 amide bonds. The van der Waals surface area contributed by atoms with Crippen molar-refractivity contribution in [2.75, 3.05) is 19.7 Å². The number of carbonyl (C=O) groups excluding carboxylic acids is 5. The largest absolute Gasteiger partial charge is 0.460 e. The molecule has 298 valence electrons. The standard InChI is InChI=1S/C25H40Cl3N5O7.C13H13N/c1-14(2)18(30-19(34)17-10-8-11-32(17)23(38)40-24(4,5)6)20(35)29-15(3)21(36)33-12-7-9-16(31-33)22(37)39-13-25(26,27)28;1-3-10-5-6-11-7-8-12(4-2)14-13(11)9-10/h14-18,31H,7-13H2,1-6H3,(H,29,35)(H,30,34);3,5-9H,1,4H2,2H3. The lowest BCUT2D eigenvalue weighted by Gasteiger charge is -2.35. The molecule has 1 aromatic heterocycles. The molecule has 16 heteroatoms. The zero-order valence-electron chi connectivity index (χ0n) is 32.0. The Morgan fingerprint density at radius 3 is 2.30 bits per heavy atom. The van der Waals surface area contributed by atoms with Gasteiger partial charge in [-0.1, -0.05) is 86.4 Å². The first-order valence-corrected chi connectivity index (χ1v) is 19.3. The number of ether oxygens (including phenoxy) is 2. The van der Waals surface area contributed by atoms with Crippen LogP contribution in [-0.2, 0) is 35.1 Å². The predicted octanol–water partition coefficient (Wildman–Crippen LogP) is 5.88. The quantitative estimate of drug-likeness (QED) is 0.197. The molecule has 0 spiro atoms. The lowest BCUT2D eigenvalue weighted by molar-refractivity contribution is -0.152. The molecule has 3 heterocycles. The number of fused-ring (bicyclic) bond motifs is 1. The third kappa shape index (κ3) is 13.6. The van der Waals surface area contributed by atoms with E-state index in [9.17, 15) is 24.0 Å². The van der Waals surface area contributed by atoms with Gasteiger partial charge in [0.25, 0.3) is 5.91 Å². The topological polar surface area (TPSA) is 159 Å². The van der Waals surface area contributed by atoms with E-state index in [2.05, 4.69) is 64.9 Å². The van der Waals surface area contributed by atoms with Crippen LogP contribution in [-0.4, -0.2) is 97.9 Å². The maximum atomic E-state index is 13.2. The fraction of sp³-hybridized carbons (Fsp3) is 0.579. The first kappa shape index (κ1) is 44.7. The number of benzene rings is 1. The van der Waals surface area contributed by atoms with Crippen molar-refractivity contribution in [3.05, 3.63) is 48.2 Å². The van der Waals surface area contributed by atoms with Gasteiger partial charge in [-0.25, -0.2) is 10.2 Å². The maximum Gasteiger partial charge on any atom is 0.410 e. The maximum absolute atomic E-state index is 13.2. The fourth-order valence-electron chi connectivity index (χ4n) is 5.83. The van der Waals surface area contributed by atoms with Gasteiger partial charge in [0.05, 0.1) is 5.52 Å². The number of nitrogens with zero attached hydrogens (tertiary/aromatic N) is 3. The number of hydrogen-bond donors (Lipinski definition) is 3. The molecule has 0 aliphatic carbocycles. The van der Waals surface area contributed by atoms with Crippen LogP contribution >= 0.6 is 34.8 Å². The minimum atomic E-state index is -1.76. The van der Waals surface area contributed by atoms with Crippen molar-refractivity contribution in [2.24, 2.45) is 5.92 Å². The van der Waals surface area contributed by atoms with Crippen LogP contribution in [0.5, 0.6) is 0 Å². The van der Waals surface area contributed by atoms with Gasteiger partial charge in [0.1, 0.15) is 36.4 Å². The Morgan fingerprint density at radius 1 is 1.02 bits per heavy atom. The number of nitrogens with one attached hydrogen (secondary N) is 3. The summed E-state index contributed by atoms with van der Waals surface area (Å²) in [6.45, 7) is 16.4. The number of hydrazine groups is 1. The zero-order chi connectivity index (χ0) is 40.4. The first-order chi connectivity index (χ1) is 25.2. The minimum absolute atomic E-state index is 0.305. The Labute approximate surface area is 332 Å². The van der Waals surface area contributed by atoms with E-state index in [4.69, 9.17) is 44.3 Å². The van der Waals surface area contributed by atoms with Gasteiger partial charge in [0.2, 0.25) is 15.6 Å². The van der Waals surface area contributed by atoms with Crippen molar-refractivity contribution in [3.8, 4) is 0 Å². The molecule has 0 saturated carbocycles. The van der Waals surface area contributed by atoms with Crippen molar-refractivity contribution in [3.63, 3.8) is 0 Å². The summed E-state index contributed by atoms with van der Waals surface area (Å²) in [7, 11) is 0. The van der Waals surface area contributed by atoms with Crippen LogP contribution in [0.3, 0.4) is 0 Å². The lowest BCUT2D eigenvalue weighted by atomic mass is 10.0. The summed E-state index contributed by atoms with van der Waals surface area (Å²) in [5.41, 5.74) is 5.41. The highest BCUT2D eigenvalue weighted by molar-refractivity contribution is 6.67. The Hall–Kier alpha value is -3.65. The molecule has 2 aromatic rings. The molecule has 54 heavy (non-hydrogen) atoms. The third-order valence-electron chi connectivity index (χ3n) is 8.65. The van der Waals surface area contributed by atoms with Crippen molar-refractivity contribution >= 4 is 81.6 Å². The summed E-state index contributed by atoms with van der Waals surface area (Å²) >= 11 is 16.9. The Bertz CT molecular complexity index is 1660. The highest BCUT2D eigenvalue weighted by Gasteiger charge is 2.39. The lowest BCUT2D eigenvalue weighted by Crippen LogP contribution is -2.61. The molecule has 3 N–H and O–H groups in total. The number of esters is 1. The van der Waals surface area contributed by atoms with Crippen LogP contribution < -0.4 is 16.1 Å². The smallest absolute Gasteiger partial charge is 0.410 e. The Kier molecular flexibility index (Phi) is 16.4. The van der Waals surface area contributed by atoms with Gasteiger partial charge in [-0.05, 0) is 83.4 Å². The molecule has 13 nitrogen and oxygen atoms in total. The normalized spacial score (nSPS) is 18.6. The highest BCUT2D eigenvalue weighted by Crippen LogP contribution is 2.26. The number of likely N-dealkylation sites (tertiary alicyclic amines) is 1. The number of rotatable bonds is 10. The van der Waals surface area contributed by atoms with Crippen molar-refractivity contribution < 1.29 is 33.4 Å². The van der Waals surface area contributed by atoms with E-state index in [0.29, 0.717) is 38.8 Å². The second-order valence-corrected chi connectivity index (χ2v) is 17.2. The van der Waals surface area contributed by atoms with Crippen molar-refractivity contribution in [1.29, 1.82) is 0 Å². The summed E-state index contributed by atoms with van der Waals surface area (Å²) in [6, 6.07) is 6.89. The number of amides is 4. The zero-order valence-corrected chi connectivity index (χ0v) is 34.3. The van der Waals surface area contributed by atoms with E-state index in [1.807, 2.05) is 6.08 Å². The van der Waals surface area contributed by atoms with Crippen LogP contribution in [0.15, 0.2) is 36.9 Å². The number of aryl methyl sites for hydroxylation is 1. The van der Waals surface area contributed by atoms with Gasteiger partial charge < -0.3 is 20.1 Å². The Balaban J connectivity index is 0.000000462. The number of hydrogen-bond acceptors (Lipinski definition) is 9. The van der Waals surface area contributed by atoms with Crippen molar-refractivity contribution in [2.45, 2.75) is 114 Å². The number of halogens is 3. The molecular weight excluding hydrogens is 759 g/mol. The number of alkyl halides is 3.